The lowest BCUT2D eigenvalue weighted by molar-refractivity contribution is -0.127. The minimum atomic E-state index is 0.0335. The number of rotatable bonds is 7. The van der Waals surface area contributed by atoms with Crippen molar-refractivity contribution >= 4 is 17.7 Å². The molecule has 8 heteroatoms. The molecule has 7 nitrogen and oxygen atoms in total. The van der Waals surface area contributed by atoms with Crippen LogP contribution in [0.3, 0.4) is 0 Å². The van der Waals surface area contributed by atoms with E-state index in [4.69, 9.17) is 5.73 Å². The zero-order valence-corrected chi connectivity index (χ0v) is 12.7. The molecular weight excluding hydrogens is 288 g/mol. The molecule has 0 bridgehead atoms. The average molecular weight is 306 g/mol. The van der Waals surface area contributed by atoms with Gasteiger partial charge in [0.15, 0.2) is 0 Å². The number of aromatic nitrogens is 4. The normalized spacial score (nSPS) is 10.6. The van der Waals surface area contributed by atoms with E-state index in [0.717, 1.165) is 5.56 Å². The SMILES string of the molecule is CN(Cc1ccccc1)C(=O)CSc1nnnn1CCN. The van der Waals surface area contributed by atoms with Gasteiger partial charge in [0.25, 0.3) is 0 Å². The Balaban J connectivity index is 1.85. The summed E-state index contributed by atoms with van der Waals surface area (Å²) >= 11 is 1.32. The van der Waals surface area contributed by atoms with Gasteiger partial charge in [-0.25, -0.2) is 4.68 Å². The number of nitrogens with two attached hydrogens (primary N) is 1. The summed E-state index contributed by atoms with van der Waals surface area (Å²) in [4.78, 5) is 13.8. The maximum Gasteiger partial charge on any atom is 0.233 e. The molecule has 0 saturated carbocycles. The molecule has 21 heavy (non-hydrogen) atoms. The third kappa shape index (κ3) is 4.54. The molecule has 0 aliphatic heterocycles. The maximum atomic E-state index is 12.1. The first-order chi connectivity index (χ1) is 10.2. The molecule has 1 aromatic heterocycles. The van der Waals surface area contributed by atoms with Crippen molar-refractivity contribution in [3.8, 4) is 0 Å². The van der Waals surface area contributed by atoms with E-state index in [2.05, 4.69) is 15.5 Å². The number of amides is 1. The molecule has 2 rings (SSSR count). The second-order valence-electron chi connectivity index (χ2n) is 4.50. The van der Waals surface area contributed by atoms with Gasteiger partial charge in [-0.3, -0.25) is 4.79 Å². The quantitative estimate of drug-likeness (QED) is 0.744. The molecule has 0 aliphatic rings. The molecule has 0 unspecified atom stereocenters. The zero-order valence-electron chi connectivity index (χ0n) is 11.8. The average Bonchev–Trinajstić information content (AvgIpc) is 2.93. The predicted octanol–water partition coefficient (Wildman–Crippen LogP) is 0.382. The fraction of sp³-hybridized carbons (Fsp3) is 0.385. The Kier molecular flexibility index (Phi) is 5.70. The number of carbonyl (C=O) groups excluding carboxylic acids is 1. The summed E-state index contributed by atoms with van der Waals surface area (Å²) in [6.45, 7) is 1.60. The highest BCUT2D eigenvalue weighted by Crippen LogP contribution is 2.14. The first-order valence-electron chi connectivity index (χ1n) is 6.57. The van der Waals surface area contributed by atoms with Gasteiger partial charge in [0, 0.05) is 20.1 Å². The molecule has 0 aliphatic carbocycles. The van der Waals surface area contributed by atoms with Crippen LogP contribution in [0.15, 0.2) is 35.5 Å². The third-order valence-electron chi connectivity index (χ3n) is 2.85. The van der Waals surface area contributed by atoms with E-state index >= 15 is 0 Å². The van der Waals surface area contributed by atoms with Crippen LogP contribution in [-0.2, 0) is 17.9 Å². The van der Waals surface area contributed by atoms with Crippen LogP contribution in [0.5, 0.6) is 0 Å². The van der Waals surface area contributed by atoms with Gasteiger partial charge in [0.2, 0.25) is 11.1 Å². The second kappa shape index (κ2) is 7.75. The fourth-order valence-electron chi connectivity index (χ4n) is 1.74. The van der Waals surface area contributed by atoms with Crippen LogP contribution in [0.25, 0.3) is 0 Å². The van der Waals surface area contributed by atoms with Crippen LogP contribution < -0.4 is 5.73 Å². The Bertz CT molecular complexity index is 573. The lowest BCUT2D eigenvalue weighted by Gasteiger charge is -2.16. The molecule has 112 valence electrons. The van der Waals surface area contributed by atoms with Crippen LogP contribution in [0.1, 0.15) is 5.56 Å². The summed E-state index contributed by atoms with van der Waals surface area (Å²) in [6.07, 6.45) is 0. The third-order valence-corrected chi connectivity index (χ3v) is 3.79. The summed E-state index contributed by atoms with van der Waals surface area (Å²) in [5.41, 5.74) is 6.58. The minimum absolute atomic E-state index is 0.0335. The van der Waals surface area contributed by atoms with Crippen molar-refractivity contribution in [1.82, 2.24) is 25.1 Å². The topological polar surface area (TPSA) is 89.9 Å². The van der Waals surface area contributed by atoms with E-state index in [9.17, 15) is 4.79 Å². The van der Waals surface area contributed by atoms with Gasteiger partial charge < -0.3 is 10.6 Å². The van der Waals surface area contributed by atoms with Crippen molar-refractivity contribution in [2.24, 2.45) is 5.73 Å². The van der Waals surface area contributed by atoms with Gasteiger partial charge >= 0.3 is 0 Å². The summed E-state index contributed by atoms with van der Waals surface area (Å²) < 4.78 is 1.61. The number of carbonyl (C=O) groups is 1. The molecule has 0 radical (unpaired) electrons. The first-order valence-corrected chi connectivity index (χ1v) is 7.56. The Labute approximate surface area is 127 Å². The van der Waals surface area contributed by atoms with Gasteiger partial charge in [-0.2, -0.15) is 0 Å². The van der Waals surface area contributed by atoms with Crippen LogP contribution in [0.2, 0.25) is 0 Å². The first kappa shape index (κ1) is 15.5. The van der Waals surface area contributed by atoms with E-state index in [1.807, 2.05) is 30.3 Å². The fourth-order valence-corrected chi connectivity index (χ4v) is 2.59. The number of benzene rings is 1. The Morgan fingerprint density at radius 3 is 2.86 bits per heavy atom. The largest absolute Gasteiger partial charge is 0.341 e. The molecule has 1 aromatic carbocycles. The number of tetrazole rings is 1. The van der Waals surface area contributed by atoms with Crippen molar-refractivity contribution < 1.29 is 4.79 Å². The lowest BCUT2D eigenvalue weighted by Crippen LogP contribution is -2.28. The highest BCUT2D eigenvalue weighted by atomic mass is 32.2. The summed E-state index contributed by atoms with van der Waals surface area (Å²) in [5.74, 6) is 0.333. The van der Waals surface area contributed by atoms with Crippen molar-refractivity contribution in [1.29, 1.82) is 0 Å². The second-order valence-corrected chi connectivity index (χ2v) is 5.44. The Morgan fingerprint density at radius 1 is 1.38 bits per heavy atom. The maximum absolute atomic E-state index is 12.1. The summed E-state index contributed by atoms with van der Waals surface area (Å²) in [5, 5.41) is 11.9. The molecule has 1 amide bonds. The van der Waals surface area contributed by atoms with Crippen molar-refractivity contribution in [3.05, 3.63) is 35.9 Å². The van der Waals surface area contributed by atoms with E-state index in [0.29, 0.717) is 30.5 Å². The molecule has 0 fully saturated rings. The molecule has 0 atom stereocenters. The molecule has 2 N–H and O–H groups in total. The van der Waals surface area contributed by atoms with Gasteiger partial charge in [0.05, 0.1) is 12.3 Å². The molecule has 2 aromatic rings. The standard InChI is InChI=1S/C13H18N6OS/c1-18(9-11-5-3-2-4-6-11)12(20)10-21-13-15-16-17-19(13)8-7-14/h2-6H,7-10,14H2,1H3. The smallest absolute Gasteiger partial charge is 0.233 e. The summed E-state index contributed by atoms with van der Waals surface area (Å²) in [7, 11) is 1.79. The van der Waals surface area contributed by atoms with E-state index in [1.165, 1.54) is 11.8 Å². The predicted molar refractivity (Wildman–Crippen MR) is 80.5 cm³/mol. The minimum Gasteiger partial charge on any atom is -0.341 e. The number of thioether (sulfide) groups is 1. The highest BCUT2D eigenvalue weighted by Gasteiger charge is 2.13. The molecular formula is C13H18N6OS. The van der Waals surface area contributed by atoms with Crippen molar-refractivity contribution in [2.75, 3.05) is 19.3 Å². The summed E-state index contributed by atoms with van der Waals surface area (Å²) in [6, 6.07) is 9.88. The highest BCUT2D eigenvalue weighted by molar-refractivity contribution is 7.99. The van der Waals surface area contributed by atoms with Crippen LogP contribution in [0, 0.1) is 0 Å². The molecule has 1 heterocycles. The van der Waals surface area contributed by atoms with Crippen LogP contribution in [0.4, 0.5) is 0 Å². The van der Waals surface area contributed by atoms with Gasteiger partial charge in [-0.05, 0) is 16.0 Å². The molecule has 0 spiro atoms. The van der Waals surface area contributed by atoms with E-state index in [-0.39, 0.29) is 5.91 Å². The number of hydrogen-bond acceptors (Lipinski definition) is 6. The number of nitrogens with zero attached hydrogens (tertiary/aromatic N) is 5. The number of hydrogen-bond donors (Lipinski definition) is 1. The zero-order chi connectivity index (χ0) is 15.1. The lowest BCUT2D eigenvalue weighted by atomic mass is 10.2. The Morgan fingerprint density at radius 2 is 2.14 bits per heavy atom. The van der Waals surface area contributed by atoms with Gasteiger partial charge in [-0.1, -0.05) is 42.1 Å². The monoisotopic (exact) mass is 306 g/mol. The van der Waals surface area contributed by atoms with Crippen molar-refractivity contribution in [2.45, 2.75) is 18.2 Å². The van der Waals surface area contributed by atoms with E-state index < -0.39 is 0 Å². The van der Waals surface area contributed by atoms with Crippen molar-refractivity contribution in [3.63, 3.8) is 0 Å². The Hall–Kier alpha value is -1.93. The van der Waals surface area contributed by atoms with E-state index in [1.54, 1.807) is 16.6 Å². The van der Waals surface area contributed by atoms with Gasteiger partial charge in [0.1, 0.15) is 0 Å². The molecule has 0 saturated heterocycles. The van der Waals surface area contributed by atoms with Gasteiger partial charge in [-0.15, -0.1) is 5.10 Å². The van der Waals surface area contributed by atoms with Crippen LogP contribution >= 0.6 is 11.8 Å². The van der Waals surface area contributed by atoms with Crippen LogP contribution in [-0.4, -0.2) is 50.4 Å².